The van der Waals surface area contributed by atoms with Crippen LogP contribution in [0, 0.1) is 16.7 Å². The fourth-order valence-corrected chi connectivity index (χ4v) is 3.06. The van der Waals surface area contributed by atoms with Gasteiger partial charge in [-0.2, -0.15) is 10.4 Å². The summed E-state index contributed by atoms with van der Waals surface area (Å²) in [4.78, 5) is 36.6. The third-order valence-electron chi connectivity index (χ3n) is 4.61. The summed E-state index contributed by atoms with van der Waals surface area (Å²) in [5, 5.41) is 19.3. The largest absolute Gasteiger partial charge is 0.370 e. The number of rotatable bonds is 9. The highest BCUT2D eigenvalue weighted by Crippen LogP contribution is 2.22. The molecule has 4 N–H and O–H groups in total. The van der Waals surface area contributed by atoms with Crippen molar-refractivity contribution in [3.05, 3.63) is 30.0 Å². The molecule has 3 amide bonds. The molecule has 0 aliphatic rings. The number of para-hydroxylation sites is 1. The van der Waals surface area contributed by atoms with E-state index in [0.29, 0.717) is 24.8 Å². The lowest BCUT2D eigenvalue weighted by molar-refractivity contribution is -0.125. The molecule has 9 heteroatoms. The Kier molecular flexibility index (Phi) is 7.53. The number of amides is 3. The zero-order chi connectivity index (χ0) is 22.3. The van der Waals surface area contributed by atoms with Gasteiger partial charge in [-0.15, -0.1) is 0 Å². The molecule has 1 heterocycles. The molecule has 0 saturated carbocycles. The molecular formula is C21H28N6O3. The molecule has 0 aliphatic carbocycles. The van der Waals surface area contributed by atoms with Crippen LogP contribution < -0.4 is 16.4 Å². The summed E-state index contributed by atoms with van der Waals surface area (Å²) in [6, 6.07) is 8.61. The van der Waals surface area contributed by atoms with Crippen LogP contribution in [0.25, 0.3) is 10.9 Å². The molecule has 1 atom stereocenters. The van der Waals surface area contributed by atoms with Gasteiger partial charge in [0.25, 0.3) is 5.91 Å². The number of hydrogen-bond acceptors (Lipinski definition) is 5. The third kappa shape index (κ3) is 5.80. The van der Waals surface area contributed by atoms with Crippen molar-refractivity contribution in [2.24, 2.45) is 11.1 Å². The molecule has 0 bridgehead atoms. The van der Waals surface area contributed by atoms with Crippen LogP contribution in [0.5, 0.6) is 0 Å². The molecule has 2 aromatic rings. The molecule has 1 aromatic carbocycles. The van der Waals surface area contributed by atoms with Gasteiger partial charge < -0.3 is 16.4 Å². The maximum absolute atomic E-state index is 13.1. The first-order valence-electron chi connectivity index (χ1n) is 9.84. The topological polar surface area (TPSA) is 143 Å². The Bertz CT molecular complexity index is 967. The Morgan fingerprint density at radius 3 is 2.60 bits per heavy atom. The van der Waals surface area contributed by atoms with Gasteiger partial charge in [-0.3, -0.25) is 19.1 Å². The second-order valence-corrected chi connectivity index (χ2v) is 8.13. The van der Waals surface area contributed by atoms with E-state index in [1.165, 1.54) is 0 Å². The fourth-order valence-electron chi connectivity index (χ4n) is 3.06. The number of benzene rings is 1. The van der Waals surface area contributed by atoms with Crippen LogP contribution >= 0.6 is 0 Å². The first-order chi connectivity index (χ1) is 14.1. The minimum absolute atomic E-state index is 0.0221. The van der Waals surface area contributed by atoms with Crippen LogP contribution in [0.3, 0.4) is 0 Å². The molecule has 0 aliphatic heterocycles. The molecular weight excluding hydrogens is 384 g/mol. The number of nitrogens with one attached hydrogen (secondary N) is 2. The fraction of sp³-hybridized carbons (Fsp3) is 0.476. The lowest BCUT2D eigenvalue weighted by Crippen LogP contribution is -2.54. The zero-order valence-corrected chi connectivity index (χ0v) is 17.6. The summed E-state index contributed by atoms with van der Waals surface area (Å²) in [6.45, 7) is 6.13. The van der Waals surface area contributed by atoms with E-state index in [-0.39, 0.29) is 18.7 Å². The predicted molar refractivity (Wildman–Crippen MR) is 112 cm³/mol. The van der Waals surface area contributed by atoms with Crippen molar-refractivity contribution in [1.82, 2.24) is 20.4 Å². The Morgan fingerprint density at radius 1 is 1.27 bits per heavy atom. The first kappa shape index (κ1) is 22.9. The van der Waals surface area contributed by atoms with Gasteiger partial charge in [-0.05, 0) is 17.9 Å². The number of hydrogen-bond donors (Lipinski definition) is 3. The van der Waals surface area contributed by atoms with Crippen molar-refractivity contribution in [2.45, 2.75) is 52.6 Å². The number of carbonyl (C=O) groups is 3. The van der Waals surface area contributed by atoms with Gasteiger partial charge in [0.15, 0.2) is 5.69 Å². The van der Waals surface area contributed by atoms with Gasteiger partial charge in [0.1, 0.15) is 6.04 Å². The summed E-state index contributed by atoms with van der Waals surface area (Å²) >= 11 is 0. The van der Waals surface area contributed by atoms with Crippen molar-refractivity contribution in [2.75, 3.05) is 6.54 Å². The smallest absolute Gasteiger partial charge is 0.273 e. The van der Waals surface area contributed by atoms with Crippen molar-refractivity contribution in [1.29, 1.82) is 5.26 Å². The SMILES string of the molecule is CC(C)(C)[C@H](NC(=O)c1nn(CCCC#N)c2ccccc12)C(=O)NCCC(N)=O. The second kappa shape index (κ2) is 9.87. The van der Waals surface area contributed by atoms with E-state index in [4.69, 9.17) is 11.0 Å². The average molecular weight is 412 g/mol. The van der Waals surface area contributed by atoms with E-state index in [1.54, 1.807) is 10.7 Å². The van der Waals surface area contributed by atoms with Gasteiger partial charge >= 0.3 is 0 Å². The van der Waals surface area contributed by atoms with Crippen LogP contribution in [0.1, 0.15) is 50.5 Å². The molecule has 0 saturated heterocycles. The summed E-state index contributed by atoms with van der Waals surface area (Å²) in [7, 11) is 0. The number of aromatic nitrogens is 2. The monoisotopic (exact) mass is 412 g/mol. The first-order valence-corrected chi connectivity index (χ1v) is 9.84. The number of aryl methyl sites for hydroxylation is 1. The summed E-state index contributed by atoms with van der Waals surface area (Å²) in [6.07, 6.45) is 1.04. The molecule has 160 valence electrons. The highest BCUT2D eigenvalue weighted by atomic mass is 16.2. The van der Waals surface area contributed by atoms with Crippen molar-refractivity contribution < 1.29 is 14.4 Å². The Labute approximate surface area is 175 Å². The highest BCUT2D eigenvalue weighted by Gasteiger charge is 2.34. The van der Waals surface area contributed by atoms with E-state index in [2.05, 4.69) is 21.8 Å². The summed E-state index contributed by atoms with van der Waals surface area (Å²) < 4.78 is 1.71. The Balaban J connectivity index is 2.25. The van der Waals surface area contributed by atoms with Crippen molar-refractivity contribution >= 4 is 28.6 Å². The highest BCUT2D eigenvalue weighted by molar-refractivity contribution is 6.06. The zero-order valence-electron chi connectivity index (χ0n) is 17.6. The minimum atomic E-state index is -0.833. The maximum atomic E-state index is 13.1. The standard InChI is InChI=1S/C21H28N6O3/c1-21(2,3)18(20(30)24-12-10-16(23)28)25-19(29)17-14-8-4-5-9-15(14)27(26-17)13-7-6-11-22/h4-5,8-9,18H,6-7,10,12-13H2,1-3H3,(H2,23,28)(H,24,30)(H,25,29)/t18-/m1/s1. The van der Waals surface area contributed by atoms with Crippen molar-refractivity contribution in [3.8, 4) is 6.07 Å². The van der Waals surface area contributed by atoms with E-state index in [0.717, 1.165) is 5.52 Å². The lowest BCUT2D eigenvalue weighted by atomic mass is 9.86. The van der Waals surface area contributed by atoms with E-state index >= 15 is 0 Å². The van der Waals surface area contributed by atoms with Crippen LogP contribution in [0.4, 0.5) is 0 Å². The molecule has 0 fully saturated rings. The minimum Gasteiger partial charge on any atom is -0.370 e. The normalized spacial score (nSPS) is 12.2. The molecule has 0 radical (unpaired) electrons. The average Bonchev–Trinajstić information content (AvgIpc) is 3.04. The molecule has 0 unspecified atom stereocenters. The van der Waals surface area contributed by atoms with Gasteiger partial charge in [-0.1, -0.05) is 39.0 Å². The second-order valence-electron chi connectivity index (χ2n) is 8.13. The van der Waals surface area contributed by atoms with Crippen LogP contribution in [0.15, 0.2) is 24.3 Å². The molecule has 0 spiro atoms. The summed E-state index contributed by atoms with van der Waals surface area (Å²) in [5.74, 6) is -1.37. The molecule has 30 heavy (non-hydrogen) atoms. The van der Waals surface area contributed by atoms with E-state index < -0.39 is 29.2 Å². The number of nitrogens with two attached hydrogens (primary N) is 1. The summed E-state index contributed by atoms with van der Waals surface area (Å²) in [5.41, 5.74) is 5.55. The van der Waals surface area contributed by atoms with Crippen LogP contribution in [-0.4, -0.2) is 40.1 Å². The Hall–Kier alpha value is -3.41. The lowest BCUT2D eigenvalue weighted by Gasteiger charge is -2.30. The Morgan fingerprint density at radius 2 is 1.97 bits per heavy atom. The number of carbonyl (C=O) groups excluding carboxylic acids is 3. The maximum Gasteiger partial charge on any atom is 0.273 e. The number of primary amides is 1. The quantitative estimate of drug-likeness (QED) is 0.535. The molecule has 9 nitrogen and oxygen atoms in total. The molecule has 2 rings (SSSR count). The number of fused-ring (bicyclic) bond motifs is 1. The number of nitrogens with zero attached hydrogens (tertiary/aromatic N) is 3. The van der Waals surface area contributed by atoms with Gasteiger partial charge in [-0.25, -0.2) is 0 Å². The van der Waals surface area contributed by atoms with Crippen molar-refractivity contribution in [3.63, 3.8) is 0 Å². The van der Waals surface area contributed by atoms with E-state index in [9.17, 15) is 14.4 Å². The predicted octanol–water partition coefficient (Wildman–Crippen LogP) is 1.48. The van der Waals surface area contributed by atoms with Gasteiger partial charge in [0, 0.05) is 31.3 Å². The van der Waals surface area contributed by atoms with Crippen LogP contribution in [0.2, 0.25) is 0 Å². The number of nitriles is 1. The van der Waals surface area contributed by atoms with E-state index in [1.807, 2.05) is 39.0 Å². The van der Waals surface area contributed by atoms with Gasteiger partial charge in [0.2, 0.25) is 11.8 Å². The molecule has 1 aromatic heterocycles. The van der Waals surface area contributed by atoms with Gasteiger partial charge in [0.05, 0.1) is 11.6 Å². The van der Waals surface area contributed by atoms with Crippen LogP contribution in [-0.2, 0) is 16.1 Å². The number of unbranched alkanes of at least 4 members (excludes halogenated alkanes) is 1. The third-order valence-corrected chi connectivity index (χ3v) is 4.61.